The van der Waals surface area contributed by atoms with Gasteiger partial charge in [0.1, 0.15) is 6.10 Å². The fourth-order valence-corrected chi connectivity index (χ4v) is 6.68. The number of rotatable bonds is 39. The molecule has 0 aliphatic carbocycles. The van der Waals surface area contributed by atoms with Crippen LogP contribution in [0.15, 0.2) is 24.3 Å². The van der Waals surface area contributed by atoms with E-state index in [1.807, 2.05) is 0 Å². The maximum Gasteiger partial charge on any atom is 0.220 e. The van der Waals surface area contributed by atoms with Crippen LogP contribution in [-0.2, 0) is 4.79 Å². The van der Waals surface area contributed by atoms with Crippen molar-refractivity contribution < 1.29 is 20.1 Å². The summed E-state index contributed by atoms with van der Waals surface area (Å²) in [6.45, 7) is 4.15. The second-order valence-corrected chi connectivity index (χ2v) is 14.9. The standard InChI is InChI=1S/C44H85NO4/c1-3-5-7-9-11-13-15-17-19-20-21-22-23-25-26-28-30-32-34-36-38-42(47)44(49)41(40-46)45-43(48)39-37-35-33-31-29-27-24-18-16-14-12-10-8-6-4-2/h12,14,16,18,41-42,44,46-47,49H,3-11,13,15,17,19-40H2,1-2H3,(H,45,48)/b14-12-,18-16-. The van der Waals surface area contributed by atoms with E-state index in [-0.39, 0.29) is 12.5 Å². The molecular formula is C44H85NO4. The van der Waals surface area contributed by atoms with Crippen LogP contribution in [0.4, 0.5) is 0 Å². The fourth-order valence-electron chi connectivity index (χ4n) is 6.68. The Morgan fingerprint density at radius 1 is 0.510 bits per heavy atom. The van der Waals surface area contributed by atoms with Crippen molar-refractivity contribution in [3.8, 4) is 0 Å². The first-order chi connectivity index (χ1) is 24.1. The van der Waals surface area contributed by atoms with Crippen LogP contribution in [0.5, 0.6) is 0 Å². The number of allylic oxidation sites excluding steroid dienone is 4. The normalized spacial score (nSPS) is 13.8. The Hall–Kier alpha value is -1.17. The monoisotopic (exact) mass is 692 g/mol. The Morgan fingerprint density at radius 3 is 1.29 bits per heavy atom. The highest BCUT2D eigenvalue weighted by Gasteiger charge is 2.26. The van der Waals surface area contributed by atoms with Gasteiger partial charge in [-0.05, 0) is 38.5 Å². The highest BCUT2D eigenvalue weighted by atomic mass is 16.3. The third-order valence-corrected chi connectivity index (χ3v) is 10.1. The van der Waals surface area contributed by atoms with Crippen molar-refractivity contribution in [1.82, 2.24) is 5.32 Å². The van der Waals surface area contributed by atoms with Crippen molar-refractivity contribution in [2.24, 2.45) is 0 Å². The van der Waals surface area contributed by atoms with Crippen molar-refractivity contribution in [3.63, 3.8) is 0 Å². The quantitative estimate of drug-likeness (QED) is 0.0381. The van der Waals surface area contributed by atoms with Gasteiger partial charge in [-0.15, -0.1) is 0 Å². The molecule has 5 heteroatoms. The van der Waals surface area contributed by atoms with Gasteiger partial charge in [-0.25, -0.2) is 0 Å². The van der Waals surface area contributed by atoms with Gasteiger partial charge >= 0.3 is 0 Å². The summed E-state index contributed by atoms with van der Waals surface area (Å²) in [5.74, 6) is -0.156. The number of aliphatic hydroxyl groups is 3. The Labute approximate surface area is 305 Å². The lowest BCUT2D eigenvalue weighted by molar-refractivity contribution is -0.124. The first-order valence-corrected chi connectivity index (χ1v) is 21.6. The number of hydrogen-bond donors (Lipinski definition) is 4. The molecular weight excluding hydrogens is 606 g/mol. The molecule has 0 rings (SSSR count). The van der Waals surface area contributed by atoms with E-state index in [9.17, 15) is 20.1 Å². The van der Waals surface area contributed by atoms with Crippen LogP contribution in [0, 0.1) is 0 Å². The number of nitrogens with one attached hydrogen (secondary N) is 1. The third-order valence-electron chi connectivity index (χ3n) is 10.1. The molecule has 0 aromatic rings. The van der Waals surface area contributed by atoms with Crippen molar-refractivity contribution >= 4 is 5.91 Å². The van der Waals surface area contributed by atoms with Crippen molar-refractivity contribution in [2.45, 2.75) is 244 Å². The van der Waals surface area contributed by atoms with Gasteiger partial charge in [-0.1, -0.05) is 205 Å². The van der Waals surface area contributed by atoms with Gasteiger partial charge in [0.15, 0.2) is 0 Å². The number of hydrogen-bond acceptors (Lipinski definition) is 4. The van der Waals surface area contributed by atoms with Crippen LogP contribution in [0.2, 0.25) is 0 Å². The average molecular weight is 692 g/mol. The molecule has 0 aliphatic heterocycles. The van der Waals surface area contributed by atoms with E-state index in [0.29, 0.717) is 12.8 Å². The van der Waals surface area contributed by atoms with Gasteiger partial charge in [0.05, 0.1) is 18.8 Å². The maximum absolute atomic E-state index is 12.4. The SMILES string of the molecule is CCCCC/C=C\C=C/CCCCCCCCC(=O)NC(CO)C(O)C(O)CCCCCCCCCCCCCCCCCCCCCC. The van der Waals surface area contributed by atoms with Crippen LogP contribution in [0.3, 0.4) is 0 Å². The largest absolute Gasteiger partial charge is 0.394 e. The average Bonchev–Trinajstić information content (AvgIpc) is 3.10. The molecule has 0 saturated heterocycles. The molecule has 5 nitrogen and oxygen atoms in total. The summed E-state index contributed by atoms with van der Waals surface area (Å²) in [4.78, 5) is 12.4. The van der Waals surface area contributed by atoms with E-state index in [2.05, 4.69) is 43.5 Å². The zero-order chi connectivity index (χ0) is 35.9. The molecule has 290 valence electrons. The van der Waals surface area contributed by atoms with E-state index < -0.39 is 18.2 Å². The minimum absolute atomic E-state index is 0.156. The third kappa shape index (κ3) is 35.0. The number of carbonyl (C=O) groups excluding carboxylic acids is 1. The lowest BCUT2D eigenvalue weighted by Gasteiger charge is -2.26. The Bertz CT molecular complexity index is 724. The summed E-state index contributed by atoms with van der Waals surface area (Å²) >= 11 is 0. The smallest absolute Gasteiger partial charge is 0.220 e. The number of carbonyl (C=O) groups is 1. The summed E-state index contributed by atoms with van der Waals surface area (Å²) < 4.78 is 0. The van der Waals surface area contributed by atoms with E-state index in [1.165, 1.54) is 154 Å². The van der Waals surface area contributed by atoms with Crippen LogP contribution >= 0.6 is 0 Å². The number of unbranched alkanes of at least 4 members (excludes halogenated alkanes) is 28. The van der Waals surface area contributed by atoms with E-state index in [0.717, 1.165) is 44.9 Å². The molecule has 0 aromatic heterocycles. The lowest BCUT2D eigenvalue weighted by atomic mass is 9.99. The topological polar surface area (TPSA) is 89.8 Å². The molecule has 0 aromatic carbocycles. The van der Waals surface area contributed by atoms with E-state index >= 15 is 0 Å². The zero-order valence-corrected chi connectivity index (χ0v) is 32.8. The molecule has 4 N–H and O–H groups in total. The molecule has 0 fully saturated rings. The van der Waals surface area contributed by atoms with Crippen molar-refractivity contribution in [1.29, 1.82) is 0 Å². The molecule has 3 atom stereocenters. The molecule has 3 unspecified atom stereocenters. The molecule has 0 spiro atoms. The second-order valence-electron chi connectivity index (χ2n) is 14.9. The van der Waals surface area contributed by atoms with Crippen LogP contribution < -0.4 is 5.32 Å². The summed E-state index contributed by atoms with van der Waals surface area (Å²) in [5, 5.41) is 33.5. The minimum Gasteiger partial charge on any atom is -0.394 e. The Balaban J connectivity index is 3.63. The van der Waals surface area contributed by atoms with Crippen LogP contribution in [0.1, 0.15) is 226 Å². The molecule has 0 bridgehead atoms. The Kier molecular flexibility index (Phi) is 38.7. The van der Waals surface area contributed by atoms with Gasteiger partial charge in [0.2, 0.25) is 5.91 Å². The van der Waals surface area contributed by atoms with Gasteiger partial charge in [-0.2, -0.15) is 0 Å². The summed E-state index contributed by atoms with van der Waals surface area (Å²) in [5.41, 5.74) is 0. The molecule has 0 aliphatic rings. The van der Waals surface area contributed by atoms with Gasteiger partial charge in [-0.3, -0.25) is 4.79 Å². The lowest BCUT2D eigenvalue weighted by Crippen LogP contribution is -2.50. The highest BCUT2D eigenvalue weighted by Crippen LogP contribution is 2.16. The summed E-state index contributed by atoms with van der Waals surface area (Å²) in [6.07, 6.45) is 47.1. The molecule has 49 heavy (non-hydrogen) atoms. The predicted octanol–water partition coefficient (Wildman–Crippen LogP) is 12.2. The molecule has 1 amide bonds. The first-order valence-electron chi connectivity index (χ1n) is 21.6. The fraction of sp³-hybridized carbons (Fsp3) is 0.886. The van der Waals surface area contributed by atoms with Crippen molar-refractivity contribution in [2.75, 3.05) is 6.61 Å². The molecule has 0 heterocycles. The number of aliphatic hydroxyl groups excluding tert-OH is 3. The Morgan fingerprint density at radius 2 is 0.857 bits per heavy atom. The minimum atomic E-state index is -1.14. The summed E-state index contributed by atoms with van der Waals surface area (Å²) in [6, 6.07) is -0.813. The van der Waals surface area contributed by atoms with E-state index in [1.54, 1.807) is 0 Å². The van der Waals surface area contributed by atoms with Gasteiger partial charge in [0.25, 0.3) is 0 Å². The predicted molar refractivity (Wildman–Crippen MR) is 213 cm³/mol. The van der Waals surface area contributed by atoms with Crippen LogP contribution in [0.25, 0.3) is 0 Å². The first kappa shape index (κ1) is 47.8. The molecule has 0 saturated carbocycles. The van der Waals surface area contributed by atoms with Crippen molar-refractivity contribution in [3.05, 3.63) is 24.3 Å². The maximum atomic E-state index is 12.4. The zero-order valence-electron chi connectivity index (χ0n) is 32.8. The van der Waals surface area contributed by atoms with Gasteiger partial charge in [0, 0.05) is 6.42 Å². The highest BCUT2D eigenvalue weighted by molar-refractivity contribution is 5.76. The van der Waals surface area contributed by atoms with Gasteiger partial charge < -0.3 is 20.6 Å². The molecule has 0 radical (unpaired) electrons. The number of amides is 1. The summed E-state index contributed by atoms with van der Waals surface area (Å²) in [7, 11) is 0. The second kappa shape index (κ2) is 39.6. The van der Waals surface area contributed by atoms with Crippen LogP contribution in [-0.4, -0.2) is 46.1 Å². The van der Waals surface area contributed by atoms with E-state index in [4.69, 9.17) is 0 Å².